The van der Waals surface area contributed by atoms with Crippen LogP contribution in [0.4, 0.5) is 17.5 Å². The molecule has 0 amide bonds. The molecule has 11 nitrogen and oxygen atoms in total. The predicted octanol–water partition coefficient (Wildman–Crippen LogP) is 1.68. The molecule has 3 heterocycles. The van der Waals surface area contributed by atoms with E-state index in [-0.39, 0.29) is 17.5 Å². The maximum Gasteiger partial charge on any atom is 0.240 e. The summed E-state index contributed by atoms with van der Waals surface area (Å²) in [4.78, 5) is 11.2. The van der Waals surface area contributed by atoms with Gasteiger partial charge in [0, 0.05) is 38.5 Å². The number of hydrogen-bond donors (Lipinski definition) is 3. The van der Waals surface area contributed by atoms with E-state index in [1.807, 2.05) is 0 Å². The summed E-state index contributed by atoms with van der Waals surface area (Å²) in [7, 11) is -3.62. The van der Waals surface area contributed by atoms with Gasteiger partial charge in [0.15, 0.2) is 0 Å². The Morgan fingerprint density at radius 3 is 2.69 bits per heavy atom. The molecule has 0 saturated carbocycles. The molecule has 12 heteroatoms. The zero-order valence-corrected chi connectivity index (χ0v) is 20.4. The van der Waals surface area contributed by atoms with Crippen LogP contribution in [-0.2, 0) is 19.5 Å². The van der Waals surface area contributed by atoms with Crippen molar-refractivity contribution in [2.24, 2.45) is 0 Å². The molecule has 3 N–H and O–H groups in total. The van der Waals surface area contributed by atoms with Gasteiger partial charge < -0.3 is 20.1 Å². The van der Waals surface area contributed by atoms with Gasteiger partial charge in [-0.05, 0) is 50.1 Å². The van der Waals surface area contributed by atoms with Gasteiger partial charge in [-0.3, -0.25) is 4.90 Å². The topological polar surface area (TPSA) is 142 Å². The summed E-state index contributed by atoms with van der Waals surface area (Å²) in [6, 6.07) is 8.45. The third-order valence-electron chi connectivity index (χ3n) is 5.90. The van der Waals surface area contributed by atoms with Gasteiger partial charge >= 0.3 is 0 Å². The quantitative estimate of drug-likeness (QED) is 0.389. The summed E-state index contributed by atoms with van der Waals surface area (Å²) >= 11 is 0. The van der Waals surface area contributed by atoms with Crippen LogP contribution in [0.25, 0.3) is 0 Å². The van der Waals surface area contributed by atoms with Crippen LogP contribution in [-0.4, -0.2) is 81.9 Å². The molecular weight excluding hydrogens is 470 g/mol. The second kappa shape index (κ2) is 12.2. The number of nitrogens with one attached hydrogen (secondary N) is 3. The molecule has 0 aliphatic carbocycles. The highest BCUT2D eigenvalue weighted by atomic mass is 32.2. The first-order valence-electron chi connectivity index (χ1n) is 11.8. The summed E-state index contributed by atoms with van der Waals surface area (Å²) in [5, 5.41) is 15.7. The largest absolute Gasteiger partial charge is 0.379 e. The lowest BCUT2D eigenvalue weighted by atomic mass is 10.2. The maximum atomic E-state index is 12.5. The van der Waals surface area contributed by atoms with Gasteiger partial charge in [0.1, 0.15) is 17.5 Å². The Morgan fingerprint density at radius 1 is 1.17 bits per heavy atom. The van der Waals surface area contributed by atoms with Gasteiger partial charge in [-0.1, -0.05) is 0 Å². The summed E-state index contributed by atoms with van der Waals surface area (Å²) < 4.78 is 38.5. The maximum absolute atomic E-state index is 12.5. The number of benzene rings is 1. The van der Waals surface area contributed by atoms with E-state index in [0.29, 0.717) is 36.2 Å². The molecule has 1 aromatic heterocycles. The summed E-state index contributed by atoms with van der Waals surface area (Å²) in [5.41, 5.74) is 0.992. The van der Waals surface area contributed by atoms with Crippen molar-refractivity contribution in [1.82, 2.24) is 19.6 Å². The molecule has 1 aromatic carbocycles. The molecule has 0 radical (unpaired) electrons. The molecule has 0 bridgehead atoms. The van der Waals surface area contributed by atoms with Crippen LogP contribution >= 0.6 is 0 Å². The van der Waals surface area contributed by atoms with Gasteiger partial charge in [0.05, 0.1) is 30.4 Å². The number of nitrogens with zero attached hydrogens (tertiary/aromatic N) is 4. The van der Waals surface area contributed by atoms with E-state index in [2.05, 4.69) is 36.3 Å². The third kappa shape index (κ3) is 7.33. The first kappa shape index (κ1) is 25.3. The molecule has 2 aliphatic heterocycles. The average molecular weight is 502 g/mol. The first-order valence-corrected chi connectivity index (χ1v) is 13.3. The Kier molecular flexibility index (Phi) is 8.84. The molecule has 188 valence electrons. The Hall–Kier alpha value is -2.82. The Bertz CT molecular complexity index is 1110. The van der Waals surface area contributed by atoms with E-state index in [4.69, 9.17) is 9.47 Å². The summed E-state index contributed by atoms with van der Waals surface area (Å²) in [6.45, 7) is 5.99. The number of anilines is 3. The molecule has 2 saturated heterocycles. The molecule has 2 aliphatic rings. The number of morpholine rings is 1. The van der Waals surface area contributed by atoms with Crippen molar-refractivity contribution in [2.45, 2.75) is 30.3 Å². The van der Waals surface area contributed by atoms with E-state index >= 15 is 0 Å². The molecule has 2 fully saturated rings. The summed E-state index contributed by atoms with van der Waals surface area (Å²) in [6.07, 6.45) is 4.12. The molecule has 1 atom stereocenters. The van der Waals surface area contributed by atoms with Crippen molar-refractivity contribution in [3.8, 4) is 6.07 Å². The van der Waals surface area contributed by atoms with Crippen LogP contribution in [0.15, 0.2) is 35.4 Å². The van der Waals surface area contributed by atoms with Crippen molar-refractivity contribution in [3.05, 3.63) is 36.0 Å². The number of aromatic nitrogens is 2. The zero-order chi connectivity index (χ0) is 24.5. The van der Waals surface area contributed by atoms with Crippen molar-refractivity contribution >= 4 is 27.5 Å². The number of rotatable bonds is 11. The van der Waals surface area contributed by atoms with Gasteiger partial charge in [0.2, 0.25) is 16.0 Å². The number of nitriles is 1. The van der Waals surface area contributed by atoms with E-state index in [1.54, 1.807) is 12.1 Å². The molecule has 1 unspecified atom stereocenters. The zero-order valence-electron chi connectivity index (χ0n) is 19.6. The number of sulfonamides is 1. The predicted molar refractivity (Wildman–Crippen MR) is 131 cm³/mol. The normalized spacial score (nSPS) is 18.8. The van der Waals surface area contributed by atoms with Crippen LogP contribution in [0.1, 0.15) is 24.8 Å². The van der Waals surface area contributed by atoms with Crippen LogP contribution in [0.3, 0.4) is 0 Å². The third-order valence-corrected chi connectivity index (χ3v) is 7.34. The highest BCUT2D eigenvalue weighted by Crippen LogP contribution is 2.20. The average Bonchev–Trinajstić information content (AvgIpc) is 3.41. The smallest absolute Gasteiger partial charge is 0.240 e. The van der Waals surface area contributed by atoms with Crippen LogP contribution < -0.4 is 15.4 Å². The van der Waals surface area contributed by atoms with Crippen molar-refractivity contribution in [3.63, 3.8) is 0 Å². The first-order chi connectivity index (χ1) is 17.0. The van der Waals surface area contributed by atoms with E-state index in [9.17, 15) is 13.7 Å². The van der Waals surface area contributed by atoms with Crippen LogP contribution in [0, 0.1) is 11.3 Å². The van der Waals surface area contributed by atoms with Gasteiger partial charge in [-0.2, -0.15) is 10.2 Å². The lowest BCUT2D eigenvalue weighted by Gasteiger charge is -2.26. The monoisotopic (exact) mass is 501 g/mol. The van der Waals surface area contributed by atoms with Gasteiger partial charge in [-0.15, -0.1) is 0 Å². The highest BCUT2D eigenvalue weighted by molar-refractivity contribution is 7.89. The van der Waals surface area contributed by atoms with E-state index in [1.165, 1.54) is 18.3 Å². The fourth-order valence-corrected chi connectivity index (χ4v) is 5.00. The second-order valence-corrected chi connectivity index (χ2v) is 10.2. The molecule has 35 heavy (non-hydrogen) atoms. The van der Waals surface area contributed by atoms with Gasteiger partial charge in [-0.25, -0.2) is 18.1 Å². The number of ether oxygens (including phenoxy) is 2. The highest BCUT2D eigenvalue weighted by Gasteiger charge is 2.20. The number of hydrogen-bond acceptors (Lipinski definition) is 10. The lowest BCUT2D eigenvalue weighted by molar-refractivity contribution is 0.0378. The minimum absolute atomic E-state index is 0.0681. The summed E-state index contributed by atoms with van der Waals surface area (Å²) in [5.74, 6) is 0.774. The molecule has 0 spiro atoms. The lowest BCUT2D eigenvalue weighted by Crippen LogP contribution is -2.37. The standard InChI is InChI=1S/C23H31N7O4S/c24-15-18-16-26-23(29-22(18)25-8-2-9-30-10-13-33-14-11-30)28-19-4-6-21(7-5-19)35(31,32)27-17-20-3-1-12-34-20/h4-7,16,20,27H,1-3,8-14,17H2,(H2,25,26,28,29). The van der Waals surface area contributed by atoms with Crippen LogP contribution in [0.2, 0.25) is 0 Å². The minimum Gasteiger partial charge on any atom is -0.379 e. The van der Waals surface area contributed by atoms with Gasteiger partial charge in [0.25, 0.3) is 0 Å². The van der Waals surface area contributed by atoms with E-state index < -0.39 is 10.0 Å². The Morgan fingerprint density at radius 2 is 1.97 bits per heavy atom. The van der Waals surface area contributed by atoms with Crippen molar-refractivity contribution in [2.75, 3.05) is 63.2 Å². The molecule has 2 aromatic rings. The van der Waals surface area contributed by atoms with Crippen LogP contribution in [0.5, 0.6) is 0 Å². The fraction of sp³-hybridized carbons (Fsp3) is 0.522. The Balaban J connectivity index is 1.32. The SMILES string of the molecule is N#Cc1cnc(Nc2ccc(S(=O)(=O)NCC3CCCO3)cc2)nc1NCCCN1CCOCC1. The van der Waals surface area contributed by atoms with Crippen molar-refractivity contribution < 1.29 is 17.9 Å². The van der Waals surface area contributed by atoms with Crippen molar-refractivity contribution in [1.29, 1.82) is 5.26 Å². The minimum atomic E-state index is -3.62. The Labute approximate surface area is 205 Å². The second-order valence-electron chi connectivity index (χ2n) is 8.44. The fourth-order valence-electron chi connectivity index (χ4n) is 3.93. The molecule has 4 rings (SSSR count). The molecular formula is C23H31N7O4S. The van der Waals surface area contributed by atoms with E-state index in [0.717, 1.165) is 52.1 Å².